The van der Waals surface area contributed by atoms with Gasteiger partial charge in [0.25, 0.3) is 0 Å². The summed E-state index contributed by atoms with van der Waals surface area (Å²) < 4.78 is 29.9. The molecule has 5 atom stereocenters. The summed E-state index contributed by atoms with van der Waals surface area (Å²) in [5.41, 5.74) is -1.40. The quantitative estimate of drug-likeness (QED) is 0.0934. The maximum Gasteiger partial charge on any atom is 0.347 e. The highest BCUT2D eigenvalue weighted by Crippen LogP contribution is 2.31. The minimum Gasteiger partial charge on any atom is -0.463 e. The van der Waals surface area contributed by atoms with E-state index in [0.29, 0.717) is 25.7 Å². The fraction of sp³-hybridized carbons (Fsp3) is 0.826. The maximum atomic E-state index is 12.6. The molecule has 17 heteroatoms. The molecule has 3 aliphatic heterocycles. The van der Waals surface area contributed by atoms with Gasteiger partial charge in [-0.3, -0.25) is 28.8 Å². The molecule has 362 valence electrons. The van der Waals surface area contributed by atoms with Gasteiger partial charge in [-0.05, 0) is 99.8 Å². The molecule has 3 saturated heterocycles. The summed E-state index contributed by atoms with van der Waals surface area (Å²) in [6.07, 6.45) is 7.67. The highest BCUT2D eigenvalue weighted by atomic mass is 16.6. The van der Waals surface area contributed by atoms with Crippen LogP contribution >= 0.6 is 0 Å². The summed E-state index contributed by atoms with van der Waals surface area (Å²) in [6.45, 7) is 20.6. The van der Waals surface area contributed by atoms with Crippen molar-refractivity contribution in [3.63, 3.8) is 0 Å². The summed E-state index contributed by atoms with van der Waals surface area (Å²) in [4.78, 5) is 98.1. The predicted molar refractivity (Wildman–Crippen MR) is 232 cm³/mol. The van der Waals surface area contributed by atoms with Gasteiger partial charge in [-0.15, -0.1) is 0 Å². The first kappa shape index (κ1) is 56.9. The van der Waals surface area contributed by atoms with Gasteiger partial charge in [0.2, 0.25) is 11.8 Å². The zero-order valence-electron chi connectivity index (χ0n) is 40.0. The number of esters is 5. The van der Waals surface area contributed by atoms with E-state index in [2.05, 4.69) is 16.4 Å². The van der Waals surface area contributed by atoms with Crippen molar-refractivity contribution in [1.82, 2.24) is 9.80 Å². The van der Waals surface area contributed by atoms with Gasteiger partial charge >= 0.3 is 29.8 Å². The Balaban J connectivity index is 0.000000542. The molecule has 63 heavy (non-hydrogen) atoms. The van der Waals surface area contributed by atoms with Crippen molar-refractivity contribution in [2.75, 3.05) is 46.1 Å². The van der Waals surface area contributed by atoms with Crippen molar-refractivity contribution in [2.45, 2.75) is 184 Å². The second kappa shape index (κ2) is 28.6. The van der Waals surface area contributed by atoms with Crippen LogP contribution in [-0.2, 0) is 66.8 Å². The number of carbonyl (C=O) groups excluding carboxylic acids is 8. The lowest BCUT2D eigenvalue weighted by Crippen LogP contribution is -2.44. The van der Waals surface area contributed by atoms with Crippen LogP contribution in [0.5, 0.6) is 0 Å². The average Bonchev–Trinajstić information content (AvgIpc) is 3.59. The second-order valence-corrected chi connectivity index (χ2v) is 18.0. The summed E-state index contributed by atoms with van der Waals surface area (Å²) in [6, 6.07) is 0.0827. The molecule has 3 fully saturated rings. The normalized spacial score (nSPS) is 20.0. The van der Waals surface area contributed by atoms with E-state index in [1.165, 1.54) is 20.8 Å². The van der Waals surface area contributed by atoms with Crippen LogP contribution in [0.1, 0.15) is 153 Å². The van der Waals surface area contributed by atoms with Gasteiger partial charge in [-0.2, -0.15) is 0 Å². The molecule has 2 amide bonds. The van der Waals surface area contributed by atoms with E-state index in [-0.39, 0.29) is 80.6 Å². The SMILES string of the molecule is CC1OC(=O)C(C)OC1=O.CCC(CC(C)(C)C(=O)OCCO)N1CCCCCC1=O.CCC(CC(C)(C)C(=O)OCCOCC(=O)C(C)OC(=O)C(C)C)N1CCCCCC1=O. The van der Waals surface area contributed by atoms with Crippen LogP contribution in [0.25, 0.3) is 0 Å². The Kier molecular flexibility index (Phi) is 25.9. The maximum absolute atomic E-state index is 12.6. The van der Waals surface area contributed by atoms with E-state index in [0.717, 1.165) is 64.5 Å². The molecular formula is C46H78N2O15. The molecule has 3 rings (SSSR count). The Hall–Kier alpha value is -4.12. The number of aliphatic hydroxyl groups excluding tert-OH is 1. The number of hydrogen-bond acceptors (Lipinski definition) is 15. The van der Waals surface area contributed by atoms with Crippen molar-refractivity contribution < 1.29 is 71.9 Å². The van der Waals surface area contributed by atoms with Crippen LogP contribution in [0.3, 0.4) is 0 Å². The molecule has 17 nitrogen and oxygen atoms in total. The van der Waals surface area contributed by atoms with Gasteiger partial charge in [-0.25, -0.2) is 9.59 Å². The highest BCUT2D eigenvalue weighted by molar-refractivity contribution is 5.87. The van der Waals surface area contributed by atoms with Crippen LogP contribution in [0.4, 0.5) is 0 Å². The van der Waals surface area contributed by atoms with Crippen molar-refractivity contribution in [2.24, 2.45) is 16.7 Å². The fourth-order valence-corrected chi connectivity index (χ4v) is 7.10. The highest BCUT2D eigenvalue weighted by Gasteiger charge is 2.37. The standard InChI is InChI=1S/C24H41NO7.C16H29NO4.C6H8O4/c1-7-19(25-12-10-8-9-11-21(25)27)15-24(5,6)23(29)31-14-13-30-16-20(26)18(4)32-22(28)17(2)3;1-4-13(17-9-7-5-6-8-14(17)19)12-16(2,3)15(20)21-11-10-18;1-3-5(7)10-4(2)6(8)9-3/h17-19H,7-16H2,1-6H3;13,18H,4-12H2,1-3H3;3-4H,1-2H3. The summed E-state index contributed by atoms with van der Waals surface area (Å²) in [7, 11) is 0. The van der Waals surface area contributed by atoms with Gasteiger partial charge in [0, 0.05) is 38.0 Å². The number of hydrogen-bond donors (Lipinski definition) is 1. The van der Waals surface area contributed by atoms with Crippen molar-refractivity contribution in [3.8, 4) is 0 Å². The first-order valence-electron chi connectivity index (χ1n) is 22.8. The largest absolute Gasteiger partial charge is 0.463 e. The van der Waals surface area contributed by atoms with E-state index < -0.39 is 47.0 Å². The lowest BCUT2D eigenvalue weighted by Gasteiger charge is -2.35. The van der Waals surface area contributed by atoms with E-state index in [4.69, 9.17) is 24.1 Å². The fourth-order valence-electron chi connectivity index (χ4n) is 7.10. The molecule has 3 aliphatic rings. The number of rotatable bonds is 20. The molecule has 1 N–H and O–H groups in total. The zero-order chi connectivity index (χ0) is 47.9. The van der Waals surface area contributed by atoms with Gasteiger partial charge in [0.05, 0.1) is 30.0 Å². The molecule has 0 aliphatic carbocycles. The van der Waals surface area contributed by atoms with Gasteiger partial charge in [0.15, 0.2) is 24.1 Å². The topological polar surface area (TPSA) is 219 Å². The monoisotopic (exact) mass is 899 g/mol. The van der Waals surface area contributed by atoms with Crippen LogP contribution in [-0.4, -0.2) is 139 Å². The Labute approximate surface area is 374 Å². The number of Topliss-reactive ketones (excluding diaryl/α,β-unsaturated/α-hetero) is 1. The van der Waals surface area contributed by atoms with Crippen LogP contribution < -0.4 is 0 Å². The third-order valence-corrected chi connectivity index (χ3v) is 11.1. The minimum atomic E-state index is -0.876. The first-order chi connectivity index (χ1) is 29.5. The summed E-state index contributed by atoms with van der Waals surface area (Å²) in [5, 5.41) is 8.75. The number of nitrogens with zero attached hydrogens (tertiary/aromatic N) is 2. The molecule has 0 bridgehead atoms. The van der Waals surface area contributed by atoms with E-state index in [1.54, 1.807) is 13.8 Å². The van der Waals surface area contributed by atoms with Gasteiger partial charge in [-0.1, -0.05) is 40.5 Å². The van der Waals surface area contributed by atoms with E-state index in [1.807, 2.05) is 44.4 Å². The number of ether oxygens (including phenoxy) is 6. The average molecular weight is 899 g/mol. The predicted octanol–water partition coefficient (Wildman–Crippen LogP) is 5.28. The molecule has 0 saturated carbocycles. The third kappa shape index (κ3) is 20.5. The number of cyclic esters (lactones) is 2. The summed E-state index contributed by atoms with van der Waals surface area (Å²) >= 11 is 0. The molecule has 0 aromatic heterocycles. The van der Waals surface area contributed by atoms with Crippen molar-refractivity contribution >= 4 is 47.4 Å². The third-order valence-electron chi connectivity index (χ3n) is 11.1. The molecule has 0 aromatic rings. The first-order valence-corrected chi connectivity index (χ1v) is 22.8. The molecule has 0 spiro atoms. The molecule has 5 unspecified atom stereocenters. The number of carbonyl (C=O) groups is 8. The molecular weight excluding hydrogens is 821 g/mol. The number of likely N-dealkylation sites (tertiary alicyclic amines) is 2. The Morgan fingerprint density at radius 3 is 1.51 bits per heavy atom. The smallest absolute Gasteiger partial charge is 0.347 e. The van der Waals surface area contributed by atoms with Gasteiger partial charge < -0.3 is 43.3 Å². The van der Waals surface area contributed by atoms with Crippen LogP contribution in [0, 0.1) is 16.7 Å². The molecule has 0 radical (unpaired) electrons. The van der Waals surface area contributed by atoms with Crippen molar-refractivity contribution in [3.05, 3.63) is 0 Å². The number of aliphatic hydroxyl groups is 1. The number of amides is 2. The second-order valence-electron chi connectivity index (χ2n) is 18.0. The zero-order valence-corrected chi connectivity index (χ0v) is 40.0. The minimum absolute atomic E-state index is 0.00654. The molecule has 3 heterocycles. The van der Waals surface area contributed by atoms with E-state index >= 15 is 0 Å². The van der Waals surface area contributed by atoms with Crippen LogP contribution in [0.2, 0.25) is 0 Å². The van der Waals surface area contributed by atoms with E-state index in [9.17, 15) is 38.4 Å². The number of ketones is 1. The summed E-state index contributed by atoms with van der Waals surface area (Å²) in [5.74, 6) is -2.33. The Morgan fingerprint density at radius 2 is 1.11 bits per heavy atom. The lowest BCUT2D eigenvalue weighted by molar-refractivity contribution is -0.191. The van der Waals surface area contributed by atoms with Crippen molar-refractivity contribution in [1.29, 1.82) is 0 Å². The Morgan fingerprint density at radius 1 is 0.683 bits per heavy atom. The van der Waals surface area contributed by atoms with Crippen LogP contribution in [0.15, 0.2) is 0 Å². The Bertz CT molecular complexity index is 1480. The lowest BCUT2D eigenvalue weighted by atomic mass is 9.84. The molecule has 0 aromatic carbocycles. The van der Waals surface area contributed by atoms with Gasteiger partial charge in [0.1, 0.15) is 19.8 Å².